The van der Waals surface area contributed by atoms with Crippen LogP contribution in [0.4, 0.5) is 5.69 Å². The Morgan fingerprint density at radius 1 is 1.24 bits per heavy atom. The third kappa shape index (κ3) is 7.37. The number of carbonyl (C=O) groups excluding carboxylic acids is 1. The normalized spacial score (nSPS) is 14.0. The average molecular weight is 463 g/mol. The number of fused-ring (bicyclic) bond motifs is 1. The topological polar surface area (TPSA) is 81.2 Å². The molecule has 0 saturated carbocycles. The molecule has 7 nitrogen and oxygen atoms in total. The van der Waals surface area contributed by atoms with Gasteiger partial charge in [-0.3, -0.25) is 9.79 Å². The molecule has 8 heteroatoms. The van der Waals surface area contributed by atoms with Gasteiger partial charge in [0.2, 0.25) is 0 Å². The summed E-state index contributed by atoms with van der Waals surface area (Å²) in [7, 11) is 1.63. The summed E-state index contributed by atoms with van der Waals surface area (Å²) in [6.07, 6.45) is 0.858. The van der Waals surface area contributed by atoms with Crippen LogP contribution in [0.2, 0.25) is 0 Å². The number of aliphatic imine (C=N–C) groups is 1. The van der Waals surface area contributed by atoms with Crippen molar-refractivity contribution in [2.45, 2.75) is 32.8 Å². The van der Waals surface area contributed by atoms with Crippen molar-refractivity contribution in [1.29, 1.82) is 0 Å². The molecule has 0 bridgehead atoms. The summed E-state index contributed by atoms with van der Waals surface area (Å²) < 4.78 is 16.5. The monoisotopic (exact) mass is 463 g/mol. The first-order valence-corrected chi connectivity index (χ1v) is 7.96. The molecule has 2 N–H and O–H groups in total. The summed E-state index contributed by atoms with van der Waals surface area (Å²) in [6, 6.07) is 5.57. The van der Waals surface area contributed by atoms with Crippen LogP contribution in [0.1, 0.15) is 27.2 Å². The largest absolute Gasteiger partial charge is 0.490 e. The van der Waals surface area contributed by atoms with Gasteiger partial charge in [-0.15, -0.1) is 24.0 Å². The van der Waals surface area contributed by atoms with E-state index in [2.05, 4.69) is 15.6 Å². The quantitative estimate of drug-likeness (QED) is 0.311. The van der Waals surface area contributed by atoms with E-state index in [-0.39, 0.29) is 36.5 Å². The number of ether oxygens (including phenoxy) is 3. The second kappa shape index (κ2) is 9.69. The van der Waals surface area contributed by atoms with Crippen molar-refractivity contribution in [1.82, 2.24) is 5.32 Å². The fourth-order valence-electron chi connectivity index (χ4n) is 2.09. The zero-order valence-electron chi connectivity index (χ0n) is 15.0. The molecule has 0 radical (unpaired) electrons. The highest BCUT2D eigenvalue weighted by Gasteiger charge is 2.16. The Hall–Kier alpha value is -1.71. The number of nitrogens with zero attached hydrogens (tertiary/aromatic N) is 1. The summed E-state index contributed by atoms with van der Waals surface area (Å²) in [6.45, 7) is 6.80. The number of esters is 1. The van der Waals surface area contributed by atoms with Crippen LogP contribution in [0.25, 0.3) is 0 Å². The van der Waals surface area contributed by atoms with E-state index in [0.717, 1.165) is 17.9 Å². The molecule has 0 amide bonds. The van der Waals surface area contributed by atoms with E-state index < -0.39 is 5.60 Å². The number of carbonyl (C=O) groups is 1. The highest BCUT2D eigenvalue weighted by molar-refractivity contribution is 14.0. The van der Waals surface area contributed by atoms with E-state index in [4.69, 9.17) is 14.2 Å². The number of halogens is 1. The van der Waals surface area contributed by atoms with Crippen LogP contribution in [0.15, 0.2) is 23.2 Å². The van der Waals surface area contributed by atoms with Crippen LogP contribution in [0, 0.1) is 0 Å². The molecule has 1 aliphatic heterocycles. The van der Waals surface area contributed by atoms with Crippen molar-refractivity contribution in [3.63, 3.8) is 0 Å². The number of guanidine groups is 1. The van der Waals surface area contributed by atoms with Crippen LogP contribution >= 0.6 is 24.0 Å². The van der Waals surface area contributed by atoms with Gasteiger partial charge < -0.3 is 24.8 Å². The van der Waals surface area contributed by atoms with Crippen LogP contribution in [-0.2, 0) is 9.53 Å². The molecule has 0 aromatic heterocycles. The number of hydrogen-bond donors (Lipinski definition) is 2. The van der Waals surface area contributed by atoms with E-state index in [9.17, 15) is 4.79 Å². The molecule has 2 rings (SSSR count). The molecule has 0 unspecified atom stereocenters. The molecule has 1 aromatic carbocycles. The number of anilines is 1. The van der Waals surface area contributed by atoms with Crippen LogP contribution in [0.5, 0.6) is 11.5 Å². The second-order valence-corrected chi connectivity index (χ2v) is 6.35. The summed E-state index contributed by atoms with van der Waals surface area (Å²) in [5.74, 6) is 1.55. The highest BCUT2D eigenvalue weighted by Crippen LogP contribution is 2.32. The summed E-state index contributed by atoms with van der Waals surface area (Å²) in [5, 5.41) is 6.04. The number of nitrogens with one attached hydrogen (secondary N) is 2. The van der Waals surface area contributed by atoms with Crippen molar-refractivity contribution >= 4 is 41.6 Å². The van der Waals surface area contributed by atoms with E-state index in [1.807, 2.05) is 39.0 Å². The third-order valence-electron chi connectivity index (χ3n) is 3.05. The molecule has 0 spiro atoms. The Morgan fingerprint density at radius 3 is 2.56 bits per heavy atom. The molecule has 0 saturated heterocycles. The van der Waals surface area contributed by atoms with E-state index in [1.54, 1.807) is 7.05 Å². The van der Waals surface area contributed by atoms with Gasteiger partial charge in [-0.25, -0.2) is 0 Å². The van der Waals surface area contributed by atoms with Gasteiger partial charge in [0, 0.05) is 25.2 Å². The van der Waals surface area contributed by atoms with E-state index in [0.29, 0.717) is 24.9 Å². The molecule has 1 aromatic rings. The molecule has 0 aliphatic carbocycles. The van der Waals surface area contributed by atoms with Gasteiger partial charge in [-0.2, -0.15) is 0 Å². The predicted octanol–water partition coefficient (Wildman–Crippen LogP) is 2.79. The maximum absolute atomic E-state index is 11.8. The lowest BCUT2D eigenvalue weighted by Gasteiger charge is -2.20. The highest BCUT2D eigenvalue weighted by atomic mass is 127. The SMILES string of the molecule is CN=C(NCC(=O)OC(C)(C)C)Nc1ccc2c(c1)OCCCO2.I. The van der Waals surface area contributed by atoms with Gasteiger partial charge in [0.05, 0.1) is 13.2 Å². The lowest BCUT2D eigenvalue weighted by atomic mass is 10.2. The standard InChI is InChI=1S/C17H25N3O4.HI/c1-17(2,3)24-15(21)11-19-16(18-4)20-12-6-7-13-14(10-12)23-9-5-8-22-13;/h6-7,10H,5,8-9,11H2,1-4H3,(H2,18,19,20);1H. The minimum atomic E-state index is -0.510. The molecule has 25 heavy (non-hydrogen) atoms. The lowest BCUT2D eigenvalue weighted by molar-refractivity contribution is -0.153. The Morgan fingerprint density at radius 2 is 1.92 bits per heavy atom. The van der Waals surface area contributed by atoms with Gasteiger partial charge >= 0.3 is 5.97 Å². The van der Waals surface area contributed by atoms with Crippen LogP contribution in [0.3, 0.4) is 0 Å². The maximum Gasteiger partial charge on any atom is 0.325 e. The van der Waals surface area contributed by atoms with Gasteiger partial charge in [0.1, 0.15) is 12.1 Å². The minimum Gasteiger partial charge on any atom is -0.490 e. The molecular weight excluding hydrogens is 437 g/mol. The predicted molar refractivity (Wildman–Crippen MR) is 108 cm³/mol. The first kappa shape index (κ1) is 21.3. The molecule has 0 atom stereocenters. The Bertz CT molecular complexity index is 614. The smallest absolute Gasteiger partial charge is 0.325 e. The van der Waals surface area contributed by atoms with Gasteiger partial charge in [-0.05, 0) is 32.9 Å². The zero-order valence-corrected chi connectivity index (χ0v) is 17.4. The lowest BCUT2D eigenvalue weighted by Crippen LogP contribution is -2.37. The first-order chi connectivity index (χ1) is 11.4. The molecule has 140 valence electrons. The number of hydrogen-bond acceptors (Lipinski definition) is 5. The van der Waals surface area contributed by atoms with Crippen molar-refractivity contribution < 1.29 is 19.0 Å². The van der Waals surface area contributed by atoms with Crippen LogP contribution < -0.4 is 20.1 Å². The fourth-order valence-corrected chi connectivity index (χ4v) is 2.09. The molecule has 0 fully saturated rings. The van der Waals surface area contributed by atoms with Crippen molar-refractivity contribution in [2.24, 2.45) is 4.99 Å². The molecular formula is C17H26IN3O4. The van der Waals surface area contributed by atoms with Crippen molar-refractivity contribution in [3.05, 3.63) is 18.2 Å². The number of rotatable bonds is 3. The van der Waals surface area contributed by atoms with Crippen molar-refractivity contribution in [2.75, 3.05) is 32.1 Å². The third-order valence-corrected chi connectivity index (χ3v) is 3.05. The summed E-state index contributed by atoms with van der Waals surface area (Å²) in [4.78, 5) is 15.9. The Balaban J connectivity index is 0.00000312. The molecule has 1 heterocycles. The molecule has 1 aliphatic rings. The second-order valence-electron chi connectivity index (χ2n) is 6.35. The van der Waals surface area contributed by atoms with Crippen molar-refractivity contribution in [3.8, 4) is 11.5 Å². The number of benzene rings is 1. The van der Waals surface area contributed by atoms with Gasteiger partial charge in [-0.1, -0.05) is 0 Å². The van der Waals surface area contributed by atoms with Gasteiger partial charge in [0.15, 0.2) is 17.5 Å². The zero-order chi connectivity index (χ0) is 17.6. The Labute approximate surface area is 165 Å². The minimum absolute atomic E-state index is 0. The fraction of sp³-hybridized carbons (Fsp3) is 0.529. The summed E-state index contributed by atoms with van der Waals surface area (Å²) >= 11 is 0. The summed E-state index contributed by atoms with van der Waals surface area (Å²) in [5.41, 5.74) is 0.279. The first-order valence-electron chi connectivity index (χ1n) is 7.96. The van der Waals surface area contributed by atoms with E-state index in [1.165, 1.54) is 0 Å². The van der Waals surface area contributed by atoms with Crippen LogP contribution in [-0.4, -0.2) is 44.3 Å². The van der Waals surface area contributed by atoms with Gasteiger partial charge in [0.25, 0.3) is 0 Å². The van der Waals surface area contributed by atoms with E-state index >= 15 is 0 Å². The maximum atomic E-state index is 11.8. The Kier molecular flexibility index (Phi) is 8.27. The average Bonchev–Trinajstić information content (AvgIpc) is 2.74.